The smallest absolute Gasteiger partial charge is 1.00 e. The van der Waals surface area contributed by atoms with Crippen LogP contribution in [0, 0.1) is 0 Å². The van der Waals surface area contributed by atoms with E-state index < -0.39 is 9.41 Å². The van der Waals surface area contributed by atoms with E-state index in [-0.39, 0.29) is 48.7 Å². The molecule has 8 heavy (non-hydrogen) atoms. The van der Waals surface area contributed by atoms with E-state index in [9.17, 15) is 16.4 Å². The molecule has 50 valence electrons. The second kappa shape index (κ2) is 8.32. The van der Waals surface area contributed by atoms with Gasteiger partial charge in [0.2, 0.25) is 0 Å². The maximum absolute atomic E-state index is 9.83. The molecule has 0 unspecified atom stereocenters. The van der Waals surface area contributed by atoms with Crippen molar-refractivity contribution in [3.8, 4) is 0 Å². The van der Waals surface area contributed by atoms with Crippen molar-refractivity contribution in [3.05, 3.63) is 0 Å². The predicted molar refractivity (Wildman–Crippen MR) is 15.9 cm³/mol. The Morgan fingerprint density at radius 2 is 0.750 bits per heavy atom. The van der Waals surface area contributed by atoms with E-state index in [1.54, 1.807) is 0 Å². The van der Waals surface area contributed by atoms with Gasteiger partial charge in [0.1, 0.15) is 0 Å². The van der Waals surface area contributed by atoms with Crippen LogP contribution in [0.2, 0.25) is 0 Å². The summed E-state index contributed by atoms with van der Waals surface area (Å²) in [5, 5.41) is 0. The molecule has 0 aromatic heterocycles. The zero-order valence-corrected chi connectivity index (χ0v) is 8.63. The average Bonchev–Trinajstić information content (AvgIpc) is 0.722. The Labute approximate surface area is 74.5 Å². The first-order valence-electron chi connectivity index (χ1n) is 0.756. The monoisotopic (exact) mass is 294 g/mol. The van der Waals surface area contributed by atoms with Crippen LogP contribution in [-0.4, -0.2) is 33.3 Å². The Bertz CT molecular complexity index is 29.5. The summed E-state index contributed by atoms with van der Waals surface area (Å²) in [6.45, 7) is 0. The Morgan fingerprint density at radius 3 is 0.750 bits per heavy atom. The molecule has 0 aliphatic carbocycles. The minimum absolute atomic E-state index is 0. The first-order chi connectivity index (χ1) is 2.00. The average molecular weight is 294 g/mol. The first-order valence-corrected chi connectivity index (χ1v) is 2.27. The van der Waals surface area contributed by atoms with E-state index in [1.807, 2.05) is 0 Å². The summed E-state index contributed by atoms with van der Waals surface area (Å²) in [5.74, 6) is 0. The molecule has 0 rings (SSSR count). The molecule has 0 nitrogen and oxygen atoms in total. The van der Waals surface area contributed by atoms with Crippen LogP contribution in [0.1, 0.15) is 0 Å². The summed E-state index contributed by atoms with van der Waals surface area (Å²) >= 11 is 0. The van der Waals surface area contributed by atoms with Gasteiger partial charge in [0.05, 0.1) is 0 Å². The normalized spacial score (nSPS) is 7.50. The number of halogens is 6. The number of hydrogen-bond donors (Lipinski definition) is 0. The van der Waals surface area contributed by atoms with Crippen molar-refractivity contribution >= 4 is 33.3 Å². The minimum Gasteiger partial charge on any atom is -1.00 e. The van der Waals surface area contributed by atoms with Crippen LogP contribution >= 0.6 is 0 Å². The first kappa shape index (κ1) is 22.8. The number of rotatable bonds is 0. The molecule has 0 heterocycles. The van der Waals surface area contributed by atoms with Crippen molar-refractivity contribution in [1.29, 1.82) is 0 Å². The van der Waals surface area contributed by atoms with Gasteiger partial charge in [-0.3, -0.25) is 0 Å². The van der Waals surface area contributed by atoms with E-state index in [2.05, 4.69) is 0 Å². The SMILES string of the molecule is F[Si](F)(F)F.[Cl-].[Cl-].[Sn+2]. The van der Waals surface area contributed by atoms with Crippen molar-refractivity contribution in [2.24, 2.45) is 0 Å². The van der Waals surface area contributed by atoms with Gasteiger partial charge in [-0.15, -0.1) is 0 Å². The van der Waals surface area contributed by atoms with Crippen LogP contribution in [0.25, 0.3) is 0 Å². The van der Waals surface area contributed by atoms with Crippen molar-refractivity contribution in [1.82, 2.24) is 0 Å². The molecule has 0 bridgehead atoms. The molecular formula is Cl2F4SiSn. The van der Waals surface area contributed by atoms with E-state index in [1.165, 1.54) is 0 Å². The van der Waals surface area contributed by atoms with Gasteiger partial charge < -0.3 is 24.8 Å². The van der Waals surface area contributed by atoms with E-state index in [4.69, 9.17) is 0 Å². The van der Waals surface area contributed by atoms with Crippen molar-refractivity contribution in [2.45, 2.75) is 0 Å². The largest absolute Gasteiger partial charge is 2.00 e. The maximum atomic E-state index is 9.83. The van der Waals surface area contributed by atoms with Gasteiger partial charge in [-0.25, -0.2) is 16.4 Å². The second-order valence-corrected chi connectivity index (χ2v) is 1.29. The van der Waals surface area contributed by atoms with Crippen LogP contribution in [0.4, 0.5) is 16.4 Å². The maximum Gasteiger partial charge on any atom is 2.00 e. The minimum atomic E-state index is -6.61. The third kappa shape index (κ3) is 169. The van der Waals surface area contributed by atoms with Crippen molar-refractivity contribution < 1.29 is 41.2 Å². The molecule has 8 heteroatoms. The van der Waals surface area contributed by atoms with Crippen LogP contribution in [0.3, 0.4) is 0 Å². The van der Waals surface area contributed by atoms with Gasteiger partial charge in [-0.1, -0.05) is 0 Å². The molecule has 0 saturated carbocycles. The zero-order valence-electron chi connectivity index (χ0n) is 3.27. The molecule has 2 radical (unpaired) electrons. The molecule has 0 spiro atoms. The Kier molecular flexibility index (Phi) is 23.7. The Morgan fingerprint density at radius 1 is 0.750 bits per heavy atom. The fourth-order valence-electron chi connectivity index (χ4n) is 0. The summed E-state index contributed by atoms with van der Waals surface area (Å²) in [6.07, 6.45) is 0. The van der Waals surface area contributed by atoms with Crippen LogP contribution < -0.4 is 24.8 Å². The van der Waals surface area contributed by atoms with Crippen molar-refractivity contribution in [2.75, 3.05) is 0 Å². The Balaban J connectivity index is -0.0000000267. The third-order valence-corrected chi connectivity index (χ3v) is 0. The van der Waals surface area contributed by atoms with Crippen LogP contribution in [0.5, 0.6) is 0 Å². The Hall–Kier alpha value is 1.32. The zero-order chi connectivity index (χ0) is 4.50. The number of hydrogen-bond acceptors (Lipinski definition) is 0. The van der Waals surface area contributed by atoms with Gasteiger partial charge in [-0.2, -0.15) is 0 Å². The molecule has 0 aromatic rings. The quantitative estimate of drug-likeness (QED) is 0.238. The fraction of sp³-hybridized carbons (Fsp3) is 0. The van der Waals surface area contributed by atoms with Gasteiger partial charge in [0, 0.05) is 0 Å². The van der Waals surface area contributed by atoms with E-state index in [0.717, 1.165) is 0 Å². The summed E-state index contributed by atoms with van der Waals surface area (Å²) in [5.41, 5.74) is 0. The second-order valence-electron chi connectivity index (χ2n) is 0.429. The van der Waals surface area contributed by atoms with Gasteiger partial charge in [0.15, 0.2) is 0 Å². The van der Waals surface area contributed by atoms with E-state index in [0.29, 0.717) is 0 Å². The fourth-order valence-corrected chi connectivity index (χ4v) is 0. The van der Waals surface area contributed by atoms with Gasteiger partial charge in [0.25, 0.3) is 0 Å². The van der Waals surface area contributed by atoms with E-state index >= 15 is 0 Å². The molecule has 0 aliphatic heterocycles. The van der Waals surface area contributed by atoms with Crippen LogP contribution in [0.15, 0.2) is 0 Å². The molecule has 0 saturated heterocycles. The summed E-state index contributed by atoms with van der Waals surface area (Å²) < 4.78 is 39.3. The molecule has 0 atom stereocenters. The molecule has 0 aliphatic rings. The van der Waals surface area contributed by atoms with Gasteiger partial charge in [-0.05, 0) is 0 Å². The summed E-state index contributed by atoms with van der Waals surface area (Å²) in [6, 6.07) is 0. The molecule has 0 amide bonds. The van der Waals surface area contributed by atoms with Crippen molar-refractivity contribution in [3.63, 3.8) is 0 Å². The summed E-state index contributed by atoms with van der Waals surface area (Å²) in [4.78, 5) is 0. The molecule has 0 fully saturated rings. The predicted octanol–water partition coefficient (Wildman–Crippen LogP) is -5.07. The third-order valence-electron chi connectivity index (χ3n) is 0. The van der Waals surface area contributed by atoms with Crippen LogP contribution in [-0.2, 0) is 0 Å². The molecular weight excluding hydrogens is 294 g/mol. The summed E-state index contributed by atoms with van der Waals surface area (Å²) in [7, 11) is -6.61. The van der Waals surface area contributed by atoms with Gasteiger partial charge >= 0.3 is 33.3 Å². The standard InChI is InChI=1S/2ClH.F4Si.Sn/c;;1-5(2,3)4;/h2*1H;;/q;;;+2/p-2. The topological polar surface area (TPSA) is 0 Å². The molecule has 0 aromatic carbocycles. The molecule has 0 N–H and O–H groups in total.